The molecule has 0 atom stereocenters. The quantitative estimate of drug-likeness (QED) is 0.384. The van der Waals surface area contributed by atoms with Crippen molar-refractivity contribution in [2.45, 2.75) is 37.8 Å². The number of ether oxygens (including phenoxy) is 2. The number of benzene rings is 2. The molecule has 7 nitrogen and oxygen atoms in total. The molecular weight excluding hydrogens is 471 g/mol. The van der Waals surface area contributed by atoms with Crippen LogP contribution < -0.4 is 4.74 Å². The average molecular weight is 501 g/mol. The van der Waals surface area contributed by atoms with Crippen LogP contribution in [-0.4, -0.2) is 42.6 Å². The molecule has 0 aliphatic rings. The van der Waals surface area contributed by atoms with Gasteiger partial charge in [0.1, 0.15) is 23.8 Å². The van der Waals surface area contributed by atoms with E-state index in [0.717, 1.165) is 3.97 Å². The van der Waals surface area contributed by atoms with Gasteiger partial charge in [0.15, 0.2) is 0 Å². The number of rotatable bonds is 8. The van der Waals surface area contributed by atoms with Crippen molar-refractivity contribution in [3.8, 4) is 17.0 Å². The molecule has 0 N–H and O–H groups in total. The standard InChI is InChI=1S/C26H29FN2O5S/c1-6-14-33-20-10-9-11-21(16-20)35(31,32)29-18-19(17-28(5)25(30)34-26(2,3)4)15-24(29)22-12-7-8-13-23(22)27/h6-13,15-16,18H,1,14,17H2,2-5H3. The van der Waals surface area contributed by atoms with Crippen LogP contribution in [0.3, 0.4) is 0 Å². The number of carbonyl (C=O) groups is 1. The first-order chi connectivity index (χ1) is 16.4. The van der Waals surface area contributed by atoms with E-state index in [9.17, 15) is 17.6 Å². The third kappa shape index (κ3) is 6.30. The molecule has 0 unspecified atom stereocenters. The van der Waals surface area contributed by atoms with Crippen LogP contribution in [0.5, 0.6) is 5.75 Å². The molecule has 0 aliphatic heterocycles. The van der Waals surface area contributed by atoms with Crippen LogP contribution in [0.25, 0.3) is 11.3 Å². The minimum atomic E-state index is -4.14. The third-order valence-electron chi connectivity index (χ3n) is 4.85. The summed E-state index contributed by atoms with van der Waals surface area (Å²) in [4.78, 5) is 13.7. The fourth-order valence-corrected chi connectivity index (χ4v) is 4.75. The summed E-state index contributed by atoms with van der Waals surface area (Å²) in [6.07, 6.45) is 2.37. The smallest absolute Gasteiger partial charge is 0.410 e. The van der Waals surface area contributed by atoms with Crippen molar-refractivity contribution in [2.75, 3.05) is 13.7 Å². The molecule has 2 aromatic carbocycles. The number of hydrogen-bond acceptors (Lipinski definition) is 5. The van der Waals surface area contributed by atoms with Crippen molar-refractivity contribution in [2.24, 2.45) is 0 Å². The van der Waals surface area contributed by atoms with Gasteiger partial charge in [-0.2, -0.15) is 0 Å². The van der Waals surface area contributed by atoms with Gasteiger partial charge >= 0.3 is 6.09 Å². The zero-order valence-electron chi connectivity index (χ0n) is 20.2. The number of aromatic nitrogens is 1. The van der Waals surface area contributed by atoms with E-state index >= 15 is 0 Å². The van der Waals surface area contributed by atoms with Crippen LogP contribution in [0.15, 0.2) is 78.3 Å². The second kappa shape index (κ2) is 10.4. The van der Waals surface area contributed by atoms with Gasteiger partial charge in [-0.15, -0.1) is 0 Å². The SMILES string of the molecule is C=CCOc1cccc(S(=O)(=O)n2cc(CN(C)C(=O)OC(C)(C)C)cc2-c2ccccc2F)c1. The zero-order chi connectivity index (χ0) is 25.8. The number of hydrogen-bond donors (Lipinski definition) is 0. The summed E-state index contributed by atoms with van der Waals surface area (Å²) in [5.41, 5.74) is 0.0473. The highest BCUT2D eigenvalue weighted by molar-refractivity contribution is 7.90. The second-order valence-electron chi connectivity index (χ2n) is 8.93. The molecule has 1 heterocycles. The normalized spacial score (nSPS) is 11.7. The van der Waals surface area contributed by atoms with Crippen LogP contribution in [0.2, 0.25) is 0 Å². The largest absolute Gasteiger partial charge is 0.490 e. The van der Waals surface area contributed by atoms with E-state index in [2.05, 4.69) is 6.58 Å². The lowest BCUT2D eigenvalue weighted by molar-refractivity contribution is 0.0285. The van der Waals surface area contributed by atoms with Gasteiger partial charge in [-0.1, -0.05) is 30.9 Å². The summed E-state index contributed by atoms with van der Waals surface area (Å²) in [5, 5.41) is 0. The van der Waals surface area contributed by atoms with Crippen molar-refractivity contribution < 1.29 is 27.1 Å². The van der Waals surface area contributed by atoms with E-state index in [4.69, 9.17) is 9.47 Å². The van der Waals surface area contributed by atoms with Crippen LogP contribution in [-0.2, 0) is 21.3 Å². The number of amides is 1. The first-order valence-corrected chi connectivity index (χ1v) is 12.4. The summed E-state index contributed by atoms with van der Waals surface area (Å²) in [6, 6.07) is 13.5. The van der Waals surface area contributed by atoms with Crippen LogP contribution >= 0.6 is 0 Å². The molecular formula is C26H29FN2O5S. The van der Waals surface area contributed by atoms with E-state index in [1.807, 2.05) is 0 Å². The highest BCUT2D eigenvalue weighted by Crippen LogP contribution is 2.30. The van der Waals surface area contributed by atoms with Gasteiger partial charge in [-0.25, -0.2) is 21.6 Å². The fraction of sp³-hybridized carbons (Fsp3) is 0.269. The molecule has 1 aromatic heterocycles. The van der Waals surface area contributed by atoms with E-state index in [-0.39, 0.29) is 29.3 Å². The van der Waals surface area contributed by atoms with Gasteiger partial charge in [0.05, 0.1) is 17.1 Å². The summed E-state index contributed by atoms with van der Waals surface area (Å²) in [5.74, 6) is -0.215. The Hall–Kier alpha value is -3.59. The summed E-state index contributed by atoms with van der Waals surface area (Å²) >= 11 is 0. The lowest BCUT2D eigenvalue weighted by Gasteiger charge is -2.24. The highest BCUT2D eigenvalue weighted by Gasteiger charge is 2.25. The molecule has 0 saturated heterocycles. The van der Waals surface area contributed by atoms with Gasteiger partial charge in [-0.05, 0) is 56.7 Å². The van der Waals surface area contributed by atoms with Crippen molar-refractivity contribution in [3.05, 3.63) is 84.8 Å². The van der Waals surface area contributed by atoms with Crippen molar-refractivity contribution in [1.29, 1.82) is 0 Å². The van der Waals surface area contributed by atoms with Crippen molar-refractivity contribution in [1.82, 2.24) is 8.87 Å². The minimum absolute atomic E-state index is 0.0284. The van der Waals surface area contributed by atoms with Gasteiger partial charge in [0.2, 0.25) is 0 Å². The van der Waals surface area contributed by atoms with E-state index in [0.29, 0.717) is 11.3 Å². The first-order valence-electron chi connectivity index (χ1n) is 10.9. The van der Waals surface area contributed by atoms with Crippen LogP contribution in [0.4, 0.5) is 9.18 Å². The first kappa shape index (κ1) is 26.0. The minimum Gasteiger partial charge on any atom is -0.490 e. The third-order valence-corrected chi connectivity index (χ3v) is 6.52. The Bertz CT molecular complexity index is 1330. The lowest BCUT2D eigenvalue weighted by atomic mass is 10.1. The maximum atomic E-state index is 14.7. The summed E-state index contributed by atoms with van der Waals surface area (Å²) in [7, 11) is -2.59. The van der Waals surface area contributed by atoms with Gasteiger partial charge in [-0.3, -0.25) is 0 Å². The Kier molecular flexibility index (Phi) is 7.70. The Labute approximate surface area is 205 Å². The Balaban J connectivity index is 2.06. The molecule has 0 spiro atoms. The Morgan fingerprint density at radius 1 is 1.14 bits per heavy atom. The average Bonchev–Trinajstić information content (AvgIpc) is 3.21. The lowest BCUT2D eigenvalue weighted by Crippen LogP contribution is -2.33. The molecule has 0 radical (unpaired) electrons. The fourth-order valence-electron chi connectivity index (χ4n) is 3.32. The molecule has 0 fully saturated rings. The van der Waals surface area contributed by atoms with E-state index < -0.39 is 27.5 Å². The summed E-state index contributed by atoms with van der Waals surface area (Å²) in [6.45, 7) is 9.12. The van der Waals surface area contributed by atoms with Crippen molar-refractivity contribution >= 4 is 16.1 Å². The molecule has 0 bridgehead atoms. The van der Waals surface area contributed by atoms with Crippen molar-refractivity contribution in [3.63, 3.8) is 0 Å². The second-order valence-corrected chi connectivity index (χ2v) is 10.7. The van der Waals surface area contributed by atoms with E-state index in [1.165, 1.54) is 41.4 Å². The van der Waals surface area contributed by atoms with Crippen LogP contribution in [0, 0.1) is 5.82 Å². The van der Waals surface area contributed by atoms with E-state index in [1.54, 1.807) is 58.2 Å². The zero-order valence-corrected chi connectivity index (χ0v) is 21.0. The molecule has 3 aromatic rings. The van der Waals surface area contributed by atoms with Crippen LogP contribution in [0.1, 0.15) is 26.3 Å². The maximum Gasteiger partial charge on any atom is 0.410 e. The molecule has 9 heteroatoms. The number of carbonyl (C=O) groups excluding carboxylic acids is 1. The van der Waals surface area contributed by atoms with Gasteiger partial charge < -0.3 is 14.4 Å². The van der Waals surface area contributed by atoms with Gasteiger partial charge in [0, 0.05) is 24.9 Å². The monoisotopic (exact) mass is 500 g/mol. The maximum absolute atomic E-state index is 14.7. The Morgan fingerprint density at radius 2 is 1.86 bits per heavy atom. The molecule has 0 saturated carbocycles. The predicted octanol–water partition coefficient (Wildman–Crippen LogP) is 5.46. The molecule has 3 rings (SSSR count). The molecule has 186 valence electrons. The number of halogens is 1. The number of nitrogens with zero attached hydrogens (tertiary/aromatic N) is 2. The highest BCUT2D eigenvalue weighted by atomic mass is 32.2. The molecule has 0 aliphatic carbocycles. The summed E-state index contributed by atoms with van der Waals surface area (Å²) < 4.78 is 53.9. The van der Waals surface area contributed by atoms with Gasteiger partial charge in [0.25, 0.3) is 10.0 Å². The molecule has 35 heavy (non-hydrogen) atoms. The Morgan fingerprint density at radius 3 is 2.51 bits per heavy atom. The molecule has 1 amide bonds. The predicted molar refractivity (Wildman–Crippen MR) is 132 cm³/mol. The topological polar surface area (TPSA) is 77.8 Å².